The molecule has 2 atom stereocenters. The number of benzene rings is 1. The summed E-state index contributed by atoms with van der Waals surface area (Å²) in [6.07, 6.45) is 2.06. The maximum Gasteiger partial charge on any atom is 0.307 e. The molecule has 1 aliphatic heterocycles. The van der Waals surface area contributed by atoms with Crippen molar-refractivity contribution in [2.24, 2.45) is 11.8 Å². The number of hydrogen-bond donors (Lipinski definition) is 1. The van der Waals surface area contributed by atoms with Crippen molar-refractivity contribution in [2.45, 2.75) is 19.3 Å². The molecule has 2 aliphatic rings. The summed E-state index contributed by atoms with van der Waals surface area (Å²) in [7, 11) is 0. The Morgan fingerprint density at radius 1 is 1.20 bits per heavy atom. The Labute approximate surface area is 117 Å². The number of aliphatic carboxylic acids is 1. The molecule has 3 rings (SSSR count). The summed E-state index contributed by atoms with van der Waals surface area (Å²) in [5, 5.41) is 9.23. The molecule has 1 aromatic carbocycles. The maximum atomic E-state index is 12.7. The van der Waals surface area contributed by atoms with Crippen molar-refractivity contribution in [1.29, 1.82) is 0 Å². The molecule has 1 N–H and O–H groups in total. The van der Waals surface area contributed by atoms with Crippen LogP contribution >= 0.6 is 0 Å². The van der Waals surface area contributed by atoms with Gasteiger partial charge in [-0.1, -0.05) is 18.6 Å². The summed E-state index contributed by atoms with van der Waals surface area (Å²) >= 11 is 0. The average Bonchev–Trinajstić information content (AvgIpc) is 2.95. The zero-order chi connectivity index (χ0) is 14.1. The Morgan fingerprint density at radius 2 is 1.95 bits per heavy atom. The van der Waals surface area contributed by atoms with Gasteiger partial charge in [-0.25, -0.2) is 0 Å². The Kier molecular flexibility index (Phi) is 3.34. The van der Waals surface area contributed by atoms with E-state index in [1.54, 1.807) is 4.90 Å². The van der Waals surface area contributed by atoms with Crippen LogP contribution in [0.1, 0.15) is 19.3 Å². The molecule has 0 saturated heterocycles. The number of fused-ring (bicyclic) bond motifs is 1. The molecule has 106 valence electrons. The summed E-state index contributed by atoms with van der Waals surface area (Å²) in [6, 6.07) is 7.40. The minimum Gasteiger partial charge on any atom is -0.490 e. The molecule has 5 nitrogen and oxygen atoms in total. The van der Waals surface area contributed by atoms with Crippen LogP contribution in [0.15, 0.2) is 24.3 Å². The van der Waals surface area contributed by atoms with E-state index in [-0.39, 0.29) is 5.91 Å². The second kappa shape index (κ2) is 5.15. The fourth-order valence-corrected chi connectivity index (χ4v) is 3.15. The molecular weight excluding hydrogens is 258 g/mol. The highest BCUT2D eigenvalue weighted by Crippen LogP contribution is 2.37. The first kappa shape index (κ1) is 13.0. The Bertz CT molecular complexity index is 542. The lowest BCUT2D eigenvalue weighted by Gasteiger charge is -2.32. The predicted molar refractivity (Wildman–Crippen MR) is 72.8 cm³/mol. The topological polar surface area (TPSA) is 66.8 Å². The molecule has 1 heterocycles. The molecule has 5 heteroatoms. The van der Waals surface area contributed by atoms with Gasteiger partial charge in [0, 0.05) is 0 Å². The summed E-state index contributed by atoms with van der Waals surface area (Å²) < 4.78 is 5.53. The van der Waals surface area contributed by atoms with Gasteiger partial charge in [0.25, 0.3) is 0 Å². The van der Waals surface area contributed by atoms with Gasteiger partial charge in [-0.2, -0.15) is 0 Å². The fourth-order valence-electron chi connectivity index (χ4n) is 3.15. The van der Waals surface area contributed by atoms with E-state index in [9.17, 15) is 14.7 Å². The summed E-state index contributed by atoms with van der Waals surface area (Å²) in [5.74, 6) is -1.19. The van der Waals surface area contributed by atoms with Crippen LogP contribution in [0.25, 0.3) is 0 Å². The zero-order valence-corrected chi connectivity index (χ0v) is 11.1. The van der Waals surface area contributed by atoms with Crippen molar-refractivity contribution in [1.82, 2.24) is 0 Å². The van der Waals surface area contributed by atoms with Gasteiger partial charge >= 0.3 is 5.97 Å². The molecule has 0 radical (unpaired) electrons. The Morgan fingerprint density at radius 3 is 2.75 bits per heavy atom. The molecule has 1 saturated carbocycles. The number of carboxylic acid groups (broad SMARTS) is 1. The van der Waals surface area contributed by atoms with Crippen molar-refractivity contribution in [3.8, 4) is 5.75 Å². The molecule has 2 unspecified atom stereocenters. The summed E-state index contributed by atoms with van der Waals surface area (Å²) in [4.78, 5) is 25.6. The third-order valence-corrected chi connectivity index (χ3v) is 4.14. The highest BCUT2D eigenvalue weighted by Gasteiger charge is 2.40. The predicted octanol–water partition coefficient (Wildman–Crippen LogP) is 1.91. The van der Waals surface area contributed by atoms with Crippen LogP contribution in [-0.2, 0) is 9.59 Å². The van der Waals surface area contributed by atoms with Crippen LogP contribution in [0.4, 0.5) is 5.69 Å². The van der Waals surface area contributed by atoms with Gasteiger partial charge in [0.2, 0.25) is 5.91 Å². The number of anilines is 1. The van der Waals surface area contributed by atoms with Gasteiger partial charge in [0.05, 0.1) is 24.1 Å². The van der Waals surface area contributed by atoms with Crippen LogP contribution in [0.3, 0.4) is 0 Å². The highest BCUT2D eigenvalue weighted by molar-refractivity contribution is 5.99. The second-order valence-corrected chi connectivity index (χ2v) is 5.29. The molecule has 20 heavy (non-hydrogen) atoms. The fraction of sp³-hybridized carbons (Fsp3) is 0.467. The lowest BCUT2D eigenvalue weighted by molar-refractivity contribution is -0.145. The third-order valence-electron chi connectivity index (χ3n) is 4.14. The van der Waals surface area contributed by atoms with Gasteiger partial charge < -0.3 is 14.7 Å². The molecule has 0 aromatic heterocycles. The highest BCUT2D eigenvalue weighted by atomic mass is 16.5. The molecule has 0 bridgehead atoms. The average molecular weight is 275 g/mol. The lowest BCUT2D eigenvalue weighted by atomic mass is 9.94. The molecule has 1 fully saturated rings. The first-order valence-electron chi connectivity index (χ1n) is 6.94. The molecule has 1 aliphatic carbocycles. The van der Waals surface area contributed by atoms with Crippen LogP contribution < -0.4 is 9.64 Å². The van der Waals surface area contributed by atoms with Gasteiger partial charge in [-0.05, 0) is 25.0 Å². The zero-order valence-electron chi connectivity index (χ0n) is 11.1. The molecule has 0 spiro atoms. The summed E-state index contributed by atoms with van der Waals surface area (Å²) in [6.45, 7) is 0.936. The van der Waals surface area contributed by atoms with Crippen molar-refractivity contribution < 1.29 is 19.4 Å². The third kappa shape index (κ3) is 2.13. The van der Waals surface area contributed by atoms with E-state index in [1.165, 1.54) is 0 Å². The Hall–Kier alpha value is -2.04. The minimum atomic E-state index is -0.859. The standard InChI is InChI=1S/C15H17NO4/c17-14(10-4-3-5-11(10)15(18)19)16-8-9-20-13-7-2-1-6-12(13)16/h1-2,6-7,10-11H,3-5,8-9H2,(H,18,19). The normalized spacial score (nSPS) is 24.9. The van der Waals surface area contributed by atoms with Gasteiger partial charge in [0.1, 0.15) is 12.4 Å². The van der Waals surface area contributed by atoms with E-state index in [2.05, 4.69) is 0 Å². The number of carboxylic acids is 1. The lowest BCUT2D eigenvalue weighted by Crippen LogP contribution is -2.43. The molecule has 1 aromatic rings. The number of rotatable bonds is 2. The van der Waals surface area contributed by atoms with Crippen LogP contribution in [0.5, 0.6) is 5.75 Å². The van der Waals surface area contributed by atoms with Crippen molar-refractivity contribution in [3.05, 3.63) is 24.3 Å². The van der Waals surface area contributed by atoms with Gasteiger partial charge in [-0.15, -0.1) is 0 Å². The van der Waals surface area contributed by atoms with Gasteiger partial charge in [-0.3, -0.25) is 9.59 Å². The number of para-hydroxylation sites is 2. The molecule has 1 amide bonds. The summed E-state index contributed by atoms with van der Waals surface area (Å²) in [5.41, 5.74) is 0.750. The molecular formula is C15H17NO4. The number of nitrogens with zero attached hydrogens (tertiary/aromatic N) is 1. The van der Waals surface area contributed by atoms with E-state index < -0.39 is 17.8 Å². The van der Waals surface area contributed by atoms with Crippen molar-refractivity contribution in [2.75, 3.05) is 18.1 Å². The van der Waals surface area contributed by atoms with Crippen LogP contribution in [-0.4, -0.2) is 30.1 Å². The quantitative estimate of drug-likeness (QED) is 0.895. The van der Waals surface area contributed by atoms with E-state index in [1.807, 2.05) is 24.3 Å². The number of hydrogen-bond acceptors (Lipinski definition) is 3. The number of amides is 1. The largest absolute Gasteiger partial charge is 0.490 e. The second-order valence-electron chi connectivity index (χ2n) is 5.29. The van der Waals surface area contributed by atoms with Crippen molar-refractivity contribution in [3.63, 3.8) is 0 Å². The maximum absolute atomic E-state index is 12.7. The van der Waals surface area contributed by atoms with Crippen LogP contribution in [0.2, 0.25) is 0 Å². The Balaban J connectivity index is 1.87. The van der Waals surface area contributed by atoms with Gasteiger partial charge in [0.15, 0.2) is 0 Å². The van der Waals surface area contributed by atoms with Crippen molar-refractivity contribution >= 4 is 17.6 Å². The monoisotopic (exact) mass is 275 g/mol. The SMILES string of the molecule is O=C(O)C1CCCC1C(=O)N1CCOc2ccccc21. The number of ether oxygens (including phenoxy) is 1. The van der Waals surface area contributed by atoms with E-state index in [0.29, 0.717) is 31.7 Å². The van der Waals surface area contributed by atoms with E-state index >= 15 is 0 Å². The number of carbonyl (C=O) groups excluding carboxylic acids is 1. The first-order valence-corrected chi connectivity index (χ1v) is 6.94. The smallest absolute Gasteiger partial charge is 0.307 e. The van der Waals surface area contributed by atoms with E-state index in [4.69, 9.17) is 4.74 Å². The first-order chi connectivity index (χ1) is 9.68. The number of carbonyl (C=O) groups is 2. The van der Waals surface area contributed by atoms with E-state index in [0.717, 1.165) is 12.1 Å². The van der Waals surface area contributed by atoms with Crippen LogP contribution in [0, 0.1) is 11.8 Å². The minimum absolute atomic E-state index is 0.0781.